The first kappa shape index (κ1) is 24.3. The summed E-state index contributed by atoms with van der Waals surface area (Å²) in [5.74, 6) is -1.36. The van der Waals surface area contributed by atoms with E-state index in [0.717, 1.165) is 24.8 Å². The van der Waals surface area contributed by atoms with E-state index in [1.807, 2.05) is 0 Å². The minimum Gasteiger partial charge on any atom is -0.484 e. The Hall–Kier alpha value is -2.84. The Labute approximate surface area is 206 Å². The molecule has 2 aliphatic rings. The van der Waals surface area contributed by atoms with E-state index in [1.54, 1.807) is 17.0 Å². The molecule has 0 saturated carbocycles. The largest absolute Gasteiger partial charge is 0.484 e. The van der Waals surface area contributed by atoms with E-state index in [1.165, 1.54) is 18.2 Å². The molecule has 2 aromatic carbocycles. The number of benzene rings is 2. The lowest BCUT2D eigenvalue weighted by Gasteiger charge is -2.61. The summed E-state index contributed by atoms with van der Waals surface area (Å²) in [4.78, 5) is 28.3. The van der Waals surface area contributed by atoms with Crippen LogP contribution in [0.15, 0.2) is 48.7 Å². The van der Waals surface area contributed by atoms with Gasteiger partial charge in [0, 0.05) is 55.5 Å². The summed E-state index contributed by atoms with van der Waals surface area (Å²) in [6, 6.07) is 8.66. The molecule has 0 aliphatic carbocycles. The summed E-state index contributed by atoms with van der Waals surface area (Å²) < 4.78 is 32.3. The van der Waals surface area contributed by atoms with Crippen molar-refractivity contribution in [1.82, 2.24) is 10.2 Å². The third kappa shape index (κ3) is 5.45. The third-order valence-corrected chi connectivity index (χ3v) is 6.56. The molecule has 2 saturated heterocycles. The molecule has 2 amide bonds. The third-order valence-electron chi connectivity index (χ3n) is 5.94. The minimum absolute atomic E-state index is 0.00935. The normalized spacial score (nSPS) is 16.0. The monoisotopic (exact) mass is 509 g/mol. The van der Waals surface area contributed by atoms with Crippen LogP contribution in [0.25, 0.3) is 0 Å². The van der Waals surface area contributed by atoms with Gasteiger partial charge >= 0.3 is 0 Å². The fourth-order valence-electron chi connectivity index (χ4n) is 4.19. The van der Waals surface area contributed by atoms with E-state index in [9.17, 15) is 18.4 Å². The van der Waals surface area contributed by atoms with Gasteiger partial charge in [-0.1, -0.05) is 29.8 Å². The summed E-state index contributed by atoms with van der Waals surface area (Å²) in [5.41, 5.74) is 1.24. The van der Waals surface area contributed by atoms with Gasteiger partial charge in [-0.25, -0.2) is 8.78 Å². The van der Waals surface area contributed by atoms with Crippen molar-refractivity contribution < 1.29 is 23.1 Å². The van der Waals surface area contributed by atoms with Crippen molar-refractivity contribution in [3.8, 4) is 5.75 Å². The number of amides is 2. The van der Waals surface area contributed by atoms with E-state index in [0.29, 0.717) is 25.2 Å². The Kier molecular flexibility index (Phi) is 7.00. The molecule has 2 aliphatic heterocycles. The zero-order valence-corrected chi connectivity index (χ0v) is 19.8. The zero-order chi connectivity index (χ0) is 24.5. The second kappa shape index (κ2) is 9.80. The first-order valence-electron chi connectivity index (χ1n) is 10.7. The number of nitrogens with one attached hydrogen (secondary N) is 1. The molecule has 4 rings (SSSR count). The van der Waals surface area contributed by atoms with E-state index in [4.69, 9.17) is 27.9 Å². The van der Waals surface area contributed by atoms with Crippen molar-refractivity contribution >= 4 is 40.7 Å². The van der Waals surface area contributed by atoms with Crippen LogP contribution in [-0.4, -0.2) is 49.5 Å². The Morgan fingerprint density at radius 2 is 1.65 bits per heavy atom. The van der Waals surface area contributed by atoms with Crippen LogP contribution in [0.4, 0.5) is 14.5 Å². The van der Waals surface area contributed by atoms with Crippen LogP contribution in [-0.2, 0) is 9.59 Å². The van der Waals surface area contributed by atoms with Gasteiger partial charge in [-0.15, -0.1) is 0 Å². The lowest BCUT2D eigenvalue weighted by atomic mass is 9.72. The predicted molar refractivity (Wildman–Crippen MR) is 126 cm³/mol. The molecule has 180 valence electrons. The molecule has 2 fully saturated rings. The van der Waals surface area contributed by atoms with Gasteiger partial charge in [0.05, 0.1) is 10.0 Å². The number of carbonyl (C=O) groups excluding carboxylic acids is 2. The minimum atomic E-state index is -0.635. The van der Waals surface area contributed by atoms with Crippen molar-refractivity contribution in [1.29, 1.82) is 0 Å². The van der Waals surface area contributed by atoms with Crippen molar-refractivity contribution in [3.63, 3.8) is 0 Å². The van der Waals surface area contributed by atoms with Gasteiger partial charge in [-0.05, 0) is 36.8 Å². The van der Waals surface area contributed by atoms with Crippen LogP contribution < -0.4 is 15.0 Å². The maximum absolute atomic E-state index is 13.7. The van der Waals surface area contributed by atoms with Gasteiger partial charge in [-0.2, -0.15) is 0 Å². The molecular formula is C24H23Cl2F2N3O3. The molecule has 1 N–H and O–H groups in total. The Bertz CT molecular complexity index is 1130. The van der Waals surface area contributed by atoms with Crippen molar-refractivity contribution in [3.05, 3.63) is 70.4 Å². The molecule has 0 unspecified atom stereocenters. The van der Waals surface area contributed by atoms with E-state index in [-0.39, 0.29) is 40.1 Å². The van der Waals surface area contributed by atoms with Crippen LogP contribution in [0.2, 0.25) is 10.0 Å². The van der Waals surface area contributed by atoms with Crippen molar-refractivity contribution in [2.24, 2.45) is 5.41 Å². The Morgan fingerprint density at radius 1 is 1.00 bits per heavy atom. The van der Waals surface area contributed by atoms with Crippen LogP contribution >= 0.6 is 23.2 Å². The molecule has 0 atom stereocenters. The SMILES string of the molecule is C=C(CCC(=O)N1CC2(C1)CN(c1ccc(Cl)c(F)c1)C2)NC(=O)COc1ccc(Cl)c(F)c1. The maximum atomic E-state index is 13.7. The molecule has 2 heterocycles. The smallest absolute Gasteiger partial charge is 0.262 e. The van der Waals surface area contributed by atoms with Crippen molar-refractivity contribution in [2.75, 3.05) is 37.7 Å². The summed E-state index contributed by atoms with van der Waals surface area (Å²) >= 11 is 11.3. The fourth-order valence-corrected chi connectivity index (χ4v) is 4.43. The Balaban J connectivity index is 1.13. The Morgan fingerprint density at radius 3 is 2.29 bits per heavy atom. The fraction of sp³-hybridized carbons (Fsp3) is 0.333. The van der Waals surface area contributed by atoms with Gasteiger partial charge in [-0.3, -0.25) is 9.59 Å². The standard InChI is InChI=1S/C24H23Cl2F2N3O3/c1-15(29-22(32)10-34-17-4-6-19(26)21(28)9-17)2-7-23(33)31-13-24(14-31)11-30(12-24)16-3-5-18(25)20(27)8-16/h3-6,8-9H,1-2,7,10-14H2,(H,29,32). The highest BCUT2D eigenvalue weighted by Gasteiger charge is 2.53. The molecule has 0 bridgehead atoms. The van der Waals surface area contributed by atoms with Crippen LogP contribution in [0.1, 0.15) is 12.8 Å². The lowest BCUT2D eigenvalue weighted by molar-refractivity contribution is -0.145. The van der Waals surface area contributed by atoms with Gasteiger partial charge in [0.2, 0.25) is 5.91 Å². The second-order valence-corrected chi connectivity index (χ2v) is 9.53. The zero-order valence-electron chi connectivity index (χ0n) is 18.3. The van der Waals surface area contributed by atoms with E-state index < -0.39 is 17.5 Å². The number of allylic oxidation sites excluding steroid dienone is 1. The highest BCUT2D eigenvalue weighted by atomic mass is 35.5. The number of halogens is 4. The summed E-state index contributed by atoms with van der Waals surface area (Å²) in [6.07, 6.45) is 0.532. The van der Waals surface area contributed by atoms with E-state index >= 15 is 0 Å². The number of ether oxygens (including phenoxy) is 1. The number of nitrogens with zero attached hydrogens (tertiary/aromatic N) is 2. The number of hydrogen-bond donors (Lipinski definition) is 1. The molecule has 34 heavy (non-hydrogen) atoms. The summed E-state index contributed by atoms with van der Waals surface area (Å²) in [5, 5.41) is 2.65. The number of rotatable bonds is 8. The van der Waals surface area contributed by atoms with Gasteiger partial charge in [0.1, 0.15) is 17.4 Å². The molecular weight excluding hydrogens is 487 g/mol. The lowest BCUT2D eigenvalue weighted by Crippen LogP contribution is -2.73. The first-order valence-corrected chi connectivity index (χ1v) is 11.4. The van der Waals surface area contributed by atoms with Gasteiger partial charge < -0.3 is 19.9 Å². The molecule has 2 aromatic rings. The highest BCUT2D eigenvalue weighted by molar-refractivity contribution is 6.31. The number of hydrogen-bond acceptors (Lipinski definition) is 4. The molecule has 0 radical (unpaired) electrons. The van der Waals surface area contributed by atoms with Crippen LogP contribution in [0, 0.1) is 17.0 Å². The predicted octanol–water partition coefficient (Wildman–Crippen LogP) is 4.41. The van der Waals surface area contributed by atoms with Gasteiger partial charge in [0.15, 0.2) is 6.61 Å². The number of anilines is 1. The van der Waals surface area contributed by atoms with Gasteiger partial charge in [0.25, 0.3) is 5.91 Å². The molecule has 1 spiro atoms. The van der Waals surface area contributed by atoms with Crippen molar-refractivity contribution in [2.45, 2.75) is 12.8 Å². The summed E-state index contributed by atoms with van der Waals surface area (Å²) in [6.45, 7) is 6.29. The number of carbonyl (C=O) groups is 2. The van der Waals surface area contributed by atoms with Crippen LogP contribution in [0.5, 0.6) is 5.75 Å². The molecule has 6 nitrogen and oxygen atoms in total. The van der Waals surface area contributed by atoms with E-state index in [2.05, 4.69) is 16.8 Å². The molecule has 0 aromatic heterocycles. The topological polar surface area (TPSA) is 61.9 Å². The summed E-state index contributed by atoms with van der Waals surface area (Å²) in [7, 11) is 0. The quantitative estimate of drug-likeness (QED) is 0.572. The molecule has 10 heteroatoms. The average molecular weight is 510 g/mol. The second-order valence-electron chi connectivity index (χ2n) is 8.72. The average Bonchev–Trinajstić information content (AvgIpc) is 2.73. The maximum Gasteiger partial charge on any atom is 0.262 e. The number of likely N-dealkylation sites (tertiary alicyclic amines) is 1. The van der Waals surface area contributed by atoms with Crippen LogP contribution in [0.3, 0.4) is 0 Å². The first-order chi connectivity index (χ1) is 16.1. The highest BCUT2D eigenvalue weighted by Crippen LogP contribution is 2.42.